The Morgan fingerprint density at radius 3 is 2.42 bits per heavy atom. The summed E-state index contributed by atoms with van der Waals surface area (Å²) >= 11 is 0. The monoisotopic (exact) mass is 434 g/mol. The topological polar surface area (TPSA) is 88.4 Å². The first-order valence-electron chi connectivity index (χ1n) is 8.71. The number of nitrogens with one attached hydrogen (secondary N) is 1. The van der Waals surface area contributed by atoms with Crippen molar-refractivity contribution in [1.82, 2.24) is 4.57 Å². The number of hydrogen-bond donors (Lipinski definition) is 2. The molecule has 1 amide bonds. The highest BCUT2D eigenvalue weighted by Crippen LogP contribution is 2.31. The first kappa shape index (κ1) is 21.8. The van der Waals surface area contributed by atoms with Crippen molar-refractivity contribution in [2.24, 2.45) is 0 Å². The van der Waals surface area contributed by atoms with E-state index in [4.69, 9.17) is 0 Å². The average molecular weight is 434 g/mol. The zero-order valence-corrected chi connectivity index (χ0v) is 15.7. The number of carbonyl (C=O) groups excluding carboxylic acids is 1. The SMILES string of the molecule is C=CC(=O)Nc1ccc2c(=O)n(Cc3ccc(C(F)(F)F)c(F)c3)cc(C(=O)O)c2c1. The molecular formula is C21H14F4N2O4. The van der Waals surface area contributed by atoms with Crippen LogP contribution in [0.4, 0.5) is 23.2 Å². The Morgan fingerprint density at radius 2 is 1.84 bits per heavy atom. The van der Waals surface area contributed by atoms with E-state index in [0.717, 1.165) is 22.9 Å². The molecule has 0 aliphatic carbocycles. The molecule has 31 heavy (non-hydrogen) atoms. The molecular weight excluding hydrogens is 420 g/mol. The van der Waals surface area contributed by atoms with Gasteiger partial charge in [0.1, 0.15) is 5.82 Å². The number of halogens is 4. The first-order valence-corrected chi connectivity index (χ1v) is 8.71. The summed E-state index contributed by atoms with van der Waals surface area (Å²) in [6.45, 7) is 2.96. The molecule has 1 aromatic heterocycles. The largest absolute Gasteiger partial charge is 0.478 e. The van der Waals surface area contributed by atoms with Crippen LogP contribution >= 0.6 is 0 Å². The van der Waals surface area contributed by atoms with Gasteiger partial charge in [-0.1, -0.05) is 12.6 Å². The molecule has 0 unspecified atom stereocenters. The smallest absolute Gasteiger partial charge is 0.419 e. The number of rotatable bonds is 5. The molecule has 160 valence electrons. The summed E-state index contributed by atoms with van der Waals surface area (Å²) in [6.07, 6.45) is -2.83. The quantitative estimate of drug-likeness (QED) is 0.469. The lowest BCUT2D eigenvalue weighted by atomic mass is 10.1. The maximum Gasteiger partial charge on any atom is 0.419 e. The van der Waals surface area contributed by atoms with Crippen LogP contribution in [0.5, 0.6) is 0 Å². The fraction of sp³-hybridized carbons (Fsp3) is 0.0952. The van der Waals surface area contributed by atoms with Gasteiger partial charge in [-0.15, -0.1) is 0 Å². The number of carboxylic acid groups (broad SMARTS) is 1. The molecule has 6 nitrogen and oxygen atoms in total. The Labute approximate surface area is 172 Å². The first-order chi connectivity index (χ1) is 14.5. The molecule has 10 heteroatoms. The second kappa shape index (κ2) is 8.05. The van der Waals surface area contributed by atoms with Crippen LogP contribution in [0.25, 0.3) is 10.8 Å². The van der Waals surface area contributed by atoms with Crippen molar-refractivity contribution in [2.75, 3.05) is 5.32 Å². The van der Waals surface area contributed by atoms with Gasteiger partial charge in [-0.05, 0) is 42.0 Å². The number of carboxylic acids is 1. The van der Waals surface area contributed by atoms with Gasteiger partial charge in [0.25, 0.3) is 5.56 Å². The number of amides is 1. The molecule has 2 aromatic carbocycles. The van der Waals surface area contributed by atoms with E-state index in [1.54, 1.807) is 0 Å². The molecule has 0 aliphatic rings. The van der Waals surface area contributed by atoms with Gasteiger partial charge in [0.15, 0.2) is 0 Å². The predicted molar refractivity (Wildman–Crippen MR) is 104 cm³/mol. The number of fused-ring (bicyclic) bond motifs is 1. The molecule has 2 N–H and O–H groups in total. The van der Waals surface area contributed by atoms with E-state index in [1.807, 2.05) is 0 Å². The normalized spacial score (nSPS) is 11.4. The lowest BCUT2D eigenvalue weighted by Crippen LogP contribution is -2.23. The molecule has 0 bridgehead atoms. The maximum atomic E-state index is 13.8. The van der Waals surface area contributed by atoms with Crippen LogP contribution in [0.3, 0.4) is 0 Å². The van der Waals surface area contributed by atoms with Crippen LogP contribution in [0.1, 0.15) is 21.5 Å². The highest BCUT2D eigenvalue weighted by atomic mass is 19.4. The van der Waals surface area contributed by atoms with Gasteiger partial charge in [0, 0.05) is 22.7 Å². The van der Waals surface area contributed by atoms with E-state index < -0.39 is 35.0 Å². The van der Waals surface area contributed by atoms with E-state index in [1.165, 1.54) is 18.2 Å². The Bertz CT molecular complexity index is 1280. The van der Waals surface area contributed by atoms with Crippen molar-refractivity contribution in [3.05, 3.63) is 88.1 Å². The molecule has 0 spiro atoms. The third-order valence-corrected chi connectivity index (χ3v) is 4.46. The Morgan fingerprint density at radius 1 is 1.13 bits per heavy atom. The molecule has 0 fully saturated rings. The summed E-state index contributed by atoms with van der Waals surface area (Å²) < 4.78 is 53.0. The third-order valence-electron chi connectivity index (χ3n) is 4.46. The number of aromatic carboxylic acids is 1. The van der Waals surface area contributed by atoms with E-state index in [9.17, 15) is 37.1 Å². The number of benzene rings is 2. The molecule has 1 heterocycles. The number of hydrogen-bond acceptors (Lipinski definition) is 3. The summed E-state index contributed by atoms with van der Waals surface area (Å²) in [4.78, 5) is 36.0. The van der Waals surface area contributed by atoms with Crippen LogP contribution in [0, 0.1) is 5.82 Å². The van der Waals surface area contributed by atoms with Crippen LogP contribution in [0.15, 0.2) is 60.0 Å². The van der Waals surface area contributed by atoms with Gasteiger partial charge in [-0.25, -0.2) is 9.18 Å². The summed E-state index contributed by atoms with van der Waals surface area (Å²) in [6, 6.07) is 6.23. The number of aromatic nitrogens is 1. The fourth-order valence-electron chi connectivity index (χ4n) is 3.03. The molecule has 3 aromatic rings. The van der Waals surface area contributed by atoms with Gasteiger partial charge >= 0.3 is 12.1 Å². The van der Waals surface area contributed by atoms with Crippen molar-refractivity contribution >= 4 is 28.3 Å². The average Bonchev–Trinajstić information content (AvgIpc) is 2.68. The van der Waals surface area contributed by atoms with E-state index in [-0.39, 0.29) is 34.1 Å². The van der Waals surface area contributed by atoms with Gasteiger partial charge in [-0.3, -0.25) is 9.59 Å². The highest BCUT2D eigenvalue weighted by molar-refractivity contribution is 6.06. The predicted octanol–water partition coefficient (Wildman–Crippen LogP) is 4.03. The molecule has 0 saturated heterocycles. The van der Waals surface area contributed by atoms with Gasteiger partial charge in [-0.2, -0.15) is 13.2 Å². The van der Waals surface area contributed by atoms with Crippen molar-refractivity contribution in [3.63, 3.8) is 0 Å². The molecule has 0 radical (unpaired) electrons. The van der Waals surface area contributed by atoms with Crippen LogP contribution in [-0.4, -0.2) is 21.6 Å². The summed E-state index contributed by atoms with van der Waals surface area (Å²) in [5.74, 6) is -3.40. The van der Waals surface area contributed by atoms with Gasteiger partial charge in [0.05, 0.1) is 17.7 Å². The Balaban J connectivity index is 2.09. The third kappa shape index (κ3) is 4.47. The van der Waals surface area contributed by atoms with Gasteiger partial charge in [0.2, 0.25) is 5.91 Å². The lowest BCUT2D eigenvalue weighted by Gasteiger charge is -2.13. The van der Waals surface area contributed by atoms with Crippen LogP contribution in [-0.2, 0) is 17.5 Å². The van der Waals surface area contributed by atoms with Gasteiger partial charge < -0.3 is 15.0 Å². The summed E-state index contributed by atoms with van der Waals surface area (Å²) in [5, 5.41) is 12.1. The molecule has 0 saturated carbocycles. The highest BCUT2D eigenvalue weighted by Gasteiger charge is 2.33. The minimum atomic E-state index is -4.86. The van der Waals surface area contributed by atoms with Crippen molar-refractivity contribution in [1.29, 1.82) is 0 Å². The van der Waals surface area contributed by atoms with Crippen molar-refractivity contribution in [3.8, 4) is 0 Å². The molecule has 0 aliphatic heterocycles. The number of carbonyl (C=O) groups is 2. The molecule has 0 atom stereocenters. The van der Waals surface area contributed by atoms with E-state index in [2.05, 4.69) is 11.9 Å². The Hall–Kier alpha value is -3.95. The number of pyridine rings is 1. The minimum Gasteiger partial charge on any atom is -0.478 e. The Kier molecular flexibility index (Phi) is 5.65. The summed E-state index contributed by atoms with van der Waals surface area (Å²) in [7, 11) is 0. The zero-order valence-electron chi connectivity index (χ0n) is 15.7. The van der Waals surface area contributed by atoms with Crippen LogP contribution in [0.2, 0.25) is 0 Å². The standard InChI is InChI=1S/C21H14F4N2O4/c1-2-18(28)26-12-4-5-13-14(8-12)15(20(30)31)10-27(19(13)29)9-11-3-6-16(17(22)7-11)21(23,24)25/h2-8,10H,1,9H2,(H,26,28)(H,30,31). The second-order valence-electron chi connectivity index (χ2n) is 6.55. The number of nitrogens with zero attached hydrogens (tertiary/aromatic N) is 1. The fourth-order valence-corrected chi connectivity index (χ4v) is 3.03. The van der Waals surface area contributed by atoms with E-state index >= 15 is 0 Å². The zero-order chi connectivity index (χ0) is 22.9. The number of anilines is 1. The molecule has 3 rings (SSSR count). The minimum absolute atomic E-state index is 0.00360. The van der Waals surface area contributed by atoms with Crippen LogP contribution < -0.4 is 10.9 Å². The summed E-state index contributed by atoms with van der Waals surface area (Å²) in [5.41, 5.74) is -2.08. The lowest BCUT2D eigenvalue weighted by molar-refractivity contribution is -0.140. The van der Waals surface area contributed by atoms with Crippen molar-refractivity contribution < 1.29 is 32.3 Å². The van der Waals surface area contributed by atoms with E-state index in [0.29, 0.717) is 12.1 Å². The maximum absolute atomic E-state index is 13.8. The second-order valence-corrected chi connectivity index (χ2v) is 6.55. The van der Waals surface area contributed by atoms with Crippen molar-refractivity contribution in [2.45, 2.75) is 12.7 Å². The number of alkyl halides is 3.